The van der Waals surface area contributed by atoms with Crippen LogP contribution >= 0.6 is 0 Å². The summed E-state index contributed by atoms with van der Waals surface area (Å²) < 4.78 is 0. The maximum absolute atomic E-state index is 12.4. The second kappa shape index (κ2) is 7.47. The Morgan fingerprint density at radius 2 is 1.96 bits per heavy atom. The van der Waals surface area contributed by atoms with E-state index < -0.39 is 6.04 Å². The van der Waals surface area contributed by atoms with Gasteiger partial charge >= 0.3 is 0 Å². The number of rotatable bonds is 5. The molecule has 1 atom stereocenters. The fourth-order valence-corrected chi connectivity index (χ4v) is 2.91. The Morgan fingerprint density at radius 3 is 2.46 bits per heavy atom. The molecule has 1 aliphatic heterocycles. The first-order valence-electron chi connectivity index (χ1n) is 8.28. The summed E-state index contributed by atoms with van der Waals surface area (Å²) in [5.41, 5.74) is 2.48. The number of nitrogens with zero attached hydrogens (tertiary/aromatic N) is 1. The molecule has 1 saturated heterocycles. The lowest BCUT2D eigenvalue weighted by molar-refractivity contribution is -0.126. The molecule has 0 radical (unpaired) electrons. The number of hydrogen-bond donors (Lipinski definition) is 2. The largest absolute Gasteiger partial charge is 0.344 e. The van der Waals surface area contributed by atoms with Crippen LogP contribution in [0, 0.1) is 12.8 Å². The molecule has 1 fully saturated rings. The van der Waals surface area contributed by atoms with Gasteiger partial charge in [0.15, 0.2) is 0 Å². The number of anilines is 2. The number of hydrogen-bond acceptors (Lipinski definition) is 3. The average Bonchev–Trinajstić information content (AvgIpc) is 2.90. The molecule has 1 aromatic rings. The first-order chi connectivity index (χ1) is 11.3. The van der Waals surface area contributed by atoms with Gasteiger partial charge in [0.1, 0.15) is 6.04 Å². The number of aryl methyl sites for hydroxylation is 1. The molecule has 3 amide bonds. The fraction of sp³-hybridized carbons (Fsp3) is 0.500. The van der Waals surface area contributed by atoms with Crippen LogP contribution in [0.4, 0.5) is 11.4 Å². The van der Waals surface area contributed by atoms with Gasteiger partial charge in [-0.2, -0.15) is 0 Å². The Morgan fingerprint density at radius 1 is 1.25 bits per heavy atom. The lowest BCUT2D eigenvalue weighted by Gasteiger charge is -2.22. The molecular weight excluding hydrogens is 306 g/mol. The minimum absolute atomic E-state index is 0.0171. The van der Waals surface area contributed by atoms with Crippen LogP contribution in [-0.4, -0.2) is 30.3 Å². The van der Waals surface area contributed by atoms with Crippen LogP contribution in [0.1, 0.15) is 39.2 Å². The maximum Gasteiger partial charge on any atom is 0.247 e. The van der Waals surface area contributed by atoms with Gasteiger partial charge in [0.2, 0.25) is 17.7 Å². The maximum atomic E-state index is 12.4. The van der Waals surface area contributed by atoms with E-state index in [2.05, 4.69) is 10.6 Å². The van der Waals surface area contributed by atoms with Crippen molar-refractivity contribution in [3.05, 3.63) is 23.8 Å². The summed E-state index contributed by atoms with van der Waals surface area (Å²) in [7, 11) is 0. The molecule has 0 spiro atoms. The van der Waals surface area contributed by atoms with Crippen LogP contribution in [0.5, 0.6) is 0 Å². The molecule has 1 aromatic carbocycles. The Hall–Kier alpha value is -2.37. The second-order valence-corrected chi connectivity index (χ2v) is 6.56. The predicted octanol–water partition coefficient (Wildman–Crippen LogP) is 2.22. The first-order valence-corrected chi connectivity index (χ1v) is 8.28. The van der Waals surface area contributed by atoms with Gasteiger partial charge < -0.3 is 15.5 Å². The predicted molar refractivity (Wildman–Crippen MR) is 93.8 cm³/mol. The molecule has 0 aliphatic carbocycles. The normalized spacial score (nSPS) is 15.5. The third-order valence-electron chi connectivity index (χ3n) is 4.14. The zero-order valence-corrected chi connectivity index (χ0v) is 14.7. The zero-order valence-electron chi connectivity index (χ0n) is 14.7. The topological polar surface area (TPSA) is 78.5 Å². The van der Waals surface area contributed by atoms with E-state index in [-0.39, 0.29) is 23.6 Å². The average molecular weight is 331 g/mol. The van der Waals surface area contributed by atoms with E-state index in [9.17, 15) is 14.4 Å². The molecule has 130 valence electrons. The molecule has 2 rings (SSSR count). The summed E-state index contributed by atoms with van der Waals surface area (Å²) in [4.78, 5) is 37.3. The fourth-order valence-electron chi connectivity index (χ4n) is 2.91. The highest BCUT2D eigenvalue weighted by molar-refractivity contribution is 5.99. The molecule has 0 bridgehead atoms. The van der Waals surface area contributed by atoms with Gasteiger partial charge in [-0.05, 0) is 43.0 Å². The van der Waals surface area contributed by atoms with Crippen molar-refractivity contribution in [2.45, 2.75) is 46.6 Å². The summed E-state index contributed by atoms with van der Waals surface area (Å²) in [6, 6.07) is 4.92. The van der Waals surface area contributed by atoms with Gasteiger partial charge in [0, 0.05) is 31.3 Å². The van der Waals surface area contributed by atoms with Crippen LogP contribution in [0.25, 0.3) is 0 Å². The number of carbonyl (C=O) groups excluding carboxylic acids is 3. The second-order valence-electron chi connectivity index (χ2n) is 6.56. The van der Waals surface area contributed by atoms with E-state index in [0.29, 0.717) is 12.1 Å². The lowest BCUT2D eigenvalue weighted by atomic mass is 10.0. The van der Waals surface area contributed by atoms with Crippen LogP contribution in [0.3, 0.4) is 0 Å². The smallest absolute Gasteiger partial charge is 0.247 e. The number of nitrogens with one attached hydrogen (secondary N) is 2. The summed E-state index contributed by atoms with van der Waals surface area (Å²) >= 11 is 0. The van der Waals surface area contributed by atoms with E-state index in [4.69, 9.17) is 0 Å². The molecular formula is C18H25N3O3. The highest BCUT2D eigenvalue weighted by Crippen LogP contribution is 2.27. The summed E-state index contributed by atoms with van der Waals surface area (Å²) in [5, 5.41) is 5.51. The first kappa shape index (κ1) is 18.0. The molecule has 0 saturated carbocycles. The number of carbonyl (C=O) groups is 3. The molecule has 1 unspecified atom stereocenters. The van der Waals surface area contributed by atoms with Crippen LogP contribution < -0.4 is 15.5 Å². The van der Waals surface area contributed by atoms with Crippen molar-refractivity contribution in [1.82, 2.24) is 5.32 Å². The van der Waals surface area contributed by atoms with Crippen molar-refractivity contribution in [3.8, 4) is 0 Å². The van der Waals surface area contributed by atoms with E-state index in [1.54, 1.807) is 11.0 Å². The van der Waals surface area contributed by atoms with E-state index in [0.717, 1.165) is 24.2 Å². The van der Waals surface area contributed by atoms with Crippen LogP contribution in [-0.2, 0) is 14.4 Å². The van der Waals surface area contributed by atoms with Crippen molar-refractivity contribution < 1.29 is 14.4 Å². The molecule has 24 heavy (non-hydrogen) atoms. The molecule has 2 N–H and O–H groups in total. The minimum atomic E-state index is -0.581. The quantitative estimate of drug-likeness (QED) is 0.868. The molecule has 0 aromatic heterocycles. The molecule has 1 heterocycles. The Balaban J connectivity index is 2.12. The van der Waals surface area contributed by atoms with Crippen molar-refractivity contribution in [3.63, 3.8) is 0 Å². The SMILES string of the molecule is CC(=O)NC(C(=O)Nc1ccc(N2CCCC2=O)c(C)c1)C(C)C. The van der Waals surface area contributed by atoms with Crippen molar-refractivity contribution >= 4 is 29.1 Å². The Bertz CT molecular complexity index is 655. The highest BCUT2D eigenvalue weighted by atomic mass is 16.2. The van der Waals surface area contributed by atoms with Crippen molar-refractivity contribution in [1.29, 1.82) is 0 Å². The van der Waals surface area contributed by atoms with Crippen molar-refractivity contribution in [2.75, 3.05) is 16.8 Å². The van der Waals surface area contributed by atoms with Crippen LogP contribution in [0.2, 0.25) is 0 Å². The van der Waals surface area contributed by atoms with Gasteiger partial charge in [-0.15, -0.1) is 0 Å². The van der Waals surface area contributed by atoms with E-state index in [1.807, 2.05) is 32.9 Å². The molecule has 1 aliphatic rings. The third-order valence-corrected chi connectivity index (χ3v) is 4.14. The number of benzene rings is 1. The molecule has 6 nitrogen and oxygen atoms in total. The monoisotopic (exact) mass is 331 g/mol. The summed E-state index contributed by atoms with van der Waals surface area (Å²) in [5.74, 6) is -0.357. The highest BCUT2D eigenvalue weighted by Gasteiger charge is 2.25. The van der Waals surface area contributed by atoms with Gasteiger partial charge in [-0.3, -0.25) is 14.4 Å². The zero-order chi connectivity index (χ0) is 17.9. The molecule has 6 heteroatoms. The number of amides is 3. The van der Waals surface area contributed by atoms with Crippen molar-refractivity contribution in [2.24, 2.45) is 5.92 Å². The van der Waals surface area contributed by atoms with Gasteiger partial charge in [0.25, 0.3) is 0 Å². The third kappa shape index (κ3) is 4.13. The summed E-state index contributed by atoms with van der Waals surface area (Å²) in [6.45, 7) is 7.82. The van der Waals surface area contributed by atoms with E-state index in [1.165, 1.54) is 6.92 Å². The minimum Gasteiger partial charge on any atom is -0.344 e. The Kier molecular flexibility index (Phi) is 5.59. The van der Waals surface area contributed by atoms with Gasteiger partial charge in [-0.1, -0.05) is 13.8 Å². The van der Waals surface area contributed by atoms with Crippen LogP contribution in [0.15, 0.2) is 18.2 Å². The Labute approximate surface area is 142 Å². The standard InChI is InChI=1S/C18H25N3O3/c1-11(2)17(19-13(4)22)18(24)20-14-7-8-15(12(3)10-14)21-9-5-6-16(21)23/h7-8,10-11,17H,5-6,9H2,1-4H3,(H,19,22)(H,20,24). The van der Waals surface area contributed by atoms with E-state index >= 15 is 0 Å². The summed E-state index contributed by atoms with van der Waals surface area (Å²) in [6.07, 6.45) is 1.47. The van der Waals surface area contributed by atoms with Gasteiger partial charge in [0.05, 0.1) is 0 Å². The van der Waals surface area contributed by atoms with Gasteiger partial charge in [-0.25, -0.2) is 0 Å². The lowest BCUT2D eigenvalue weighted by Crippen LogP contribution is -2.46.